The molecule has 0 aliphatic heterocycles. The molecule has 0 saturated carbocycles. The minimum atomic E-state index is -0.431. The van der Waals surface area contributed by atoms with E-state index >= 15 is 0 Å². The zero-order valence-electron chi connectivity index (χ0n) is 8.12. The number of hydrogen-bond acceptors (Lipinski definition) is 2. The monoisotopic (exact) mass is 172 g/mol. The van der Waals surface area contributed by atoms with Crippen molar-refractivity contribution in [1.29, 1.82) is 0 Å². The fourth-order valence-corrected chi connectivity index (χ4v) is 1.13. The standard InChI is InChI=1S/C10H20O2/c1-3-4-5-6-7-10(12)9(2)8-11/h8-10,12H,3-7H2,1-2H3. The molecule has 0 spiro atoms. The van der Waals surface area contributed by atoms with Gasteiger partial charge in [-0.3, -0.25) is 0 Å². The summed E-state index contributed by atoms with van der Waals surface area (Å²) in [7, 11) is 0. The van der Waals surface area contributed by atoms with Gasteiger partial charge in [0.15, 0.2) is 0 Å². The number of unbranched alkanes of at least 4 members (excludes halogenated alkanes) is 3. The van der Waals surface area contributed by atoms with Crippen LogP contribution in [0.5, 0.6) is 0 Å². The molecule has 1 N–H and O–H groups in total. The van der Waals surface area contributed by atoms with Crippen LogP contribution in [0.4, 0.5) is 0 Å². The number of carbonyl (C=O) groups is 1. The van der Waals surface area contributed by atoms with Gasteiger partial charge >= 0.3 is 0 Å². The number of aliphatic hydroxyl groups excluding tert-OH is 1. The third kappa shape index (κ3) is 5.30. The molecule has 2 nitrogen and oxygen atoms in total. The van der Waals surface area contributed by atoms with Gasteiger partial charge in [0.2, 0.25) is 0 Å². The number of hydrogen-bond donors (Lipinski definition) is 1. The predicted octanol–water partition coefficient (Wildman–Crippen LogP) is 2.15. The first-order valence-corrected chi connectivity index (χ1v) is 4.85. The fourth-order valence-electron chi connectivity index (χ4n) is 1.13. The van der Waals surface area contributed by atoms with Crippen LogP contribution < -0.4 is 0 Å². The van der Waals surface area contributed by atoms with Crippen LogP contribution in [-0.2, 0) is 4.79 Å². The summed E-state index contributed by atoms with van der Waals surface area (Å²) in [5.41, 5.74) is 0. The van der Waals surface area contributed by atoms with Crippen LogP contribution in [0.25, 0.3) is 0 Å². The van der Waals surface area contributed by atoms with Crippen LogP contribution in [-0.4, -0.2) is 17.5 Å². The Hall–Kier alpha value is -0.370. The summed E-state index contributed by atoms with van der Waals surface area (Å²) >= 11 is 0. The van der Waals surface area contributed by atoms with E-state index in [0.29, 0.717) is 0 Å². The molecule has 0 aromatic heterocycles. The van der Waals surface area contributed by atoms with Crippen LogP contribution in [0.2, 0.25) is 0 Å². The van der Waals surface area contributed by atoms with Crippen molar-refractivity contribution in [2.45, 2.75) is 52.1 Å². The highest BCUT2D eigenvalue weighted by molar-refractivity contribution is 5.53. The summed E-state index contributed by atoms with van der Waals surface area (Å²) < 4.78 is 0. The molecule has 0 aromatic carbocycles. The van der Waals surface area contributed by atoms with Gasteiger partial charge in [-0.15, -0.1) is 0 Å². The Morgan fingerprint density at radius 3 is 2.50 bits per heavy atom. The summed E-state index contributed by atoms with van der Waals surface area (Å²) in [5, 5.41) is 9.39. The summed E-state index contributed by atoms with van der Waals surface area (Å²) in [5.74, 6) is -0.202. The molecule has 0 bridgehead atoms. The molecule has 0 aliphatic rings. The van der Waals surface area contributed by atoms with Gasteiger partial charge in [-0.25, -0.2) is 0 Å². The molecule has 0 heterocycles. The quantitative estimate of drug-likeness (QED) is 0.472. The summed E-state index contributed by atoms with van der Waals surface area (Å²) in [6.07, 6.45) is 5.79. The Balaban J connectivity index is 3.30. The smallest absolute Gasteiger partial charge is 0.125 e. The van der Waals surface area contributed by atoms with E-state index in [0.717, 1.165) is 19.1 Å². The van der Waals surface area contributed by atoms with Gasteiger partial charge in [-0.05, 0) is 6.42 Å². The van der Waals surface area contributed by atoms with Gasteiger partial charge < -0.3 is 9.90 Å². The summed E-state index contributed by atoms with van der Waals surface area (Å²) in [6, 6.07) is 0. The van der Waals surface area contributed by atoms with Gasteiger partial charge in [0.1, 0.15) is 6.29 Å². The Labute approximate surface area is 75.0 Å². The van der Waals surface area contributed by atoms with E-state index in [-0.39, 0.29) is 5.92 Å². The second-order valence-electron chi connectivity index (χ2n) is 3.41. The molecule has 0 rings (SSSR count). The normalized spacial score (nSPS) is 15.6. The van der Waals surface area contributed by atoms with Crippen molar-refractivity contribution in [3.8, 4) is 0 Å². The lowest BCUT2D eigenvalue weighted by Gasteiger charge is -2.12. The van der Waals surface area contributed by atoms with Crippen LogP contribution in [0.15, 0.2) is 0 Å². The summed E-state index contributed by atoms with van der Waals surface area (Å²) in [6.45, 7) is 3.92. The predicted molar refractivity (Wildman–Crippen MR) is 50.0 cm³/mol. The van der Waals surface area contributed by atoms with Crippen molar-refractivity contribution in [3.05, 3.63) is 0 Å². The van der Waals surface area contributed by atoms with Crippen molar-refractivity contribution in [2.75, 3.05) is 0 Å². The van der Waals surface area contributed by atoms with Crippen LogP contribution >= 0.6 is 0 Å². The van der Waals surface area contributed by atoms with Gasteiger partial charge in [0, 0.05) is 5.92 Å². The molecule has 12 heavy (non-hydrogen) atoms. The number of aldehydes is 1. The van der Waals surface area contributed by atoms with E-state index < -0.39 is 6.10 Å². The van der Waals surface area contributed by atoms with Crippen LogP contribution in [0.1, 0.15) is 46.0 Å². The molecule has 2 heteroatoms. The van der Waals surface area contributed by atoms with Gasteiger partial charge in [-0.1, -0.05) is 39.5 Å². The van der Waals surface area contributed by atoms with Crippen molar-refractivity contribution in [3.63, 3.8) is 0 Å². The number of carbonyl (C=O) groups excluding carboxylic acids is 1. The van der Waals surface area contributed by atoms with Crippen LogP contribution in [0.3, 0.4) is 0 Å². The zero-order chi connectivity index (χ0) is 9.40. The van der Waals surface area contributed by atoms with E-state index in [9.17, 15) is 9.90 Å². The third-order valence-corrected chi connectivity index (χ3v) is 2.18. The average Bonchev–Trinajstić information content (AvgIpc) is 2.10. The molecule has 0 fully saturated rings. The summed E-state index contributed by atoms with van der Waals surface area (Å²) in [4.78, 5) is 10.3. The maximum atomic E-state index is 10.3. The minimum absolute atomic E-state index is 0.202. The number of aliphatic hydroxyl groups is 1. The maximum absolute atomic E-state index is 10.3. The lowest BCUT2D eigenvalue weighted by Crippen LogP contribution is -2.18. The zero-order valence-corrected chi connectivity index (χ0v) is 8.12. The van der Waals surface area contributed by atoms with Gasteiger partial charge in [-0.2, -0.15) is 0 Å². The van der Waals surface area contributed by atoms with E-state index in [1.165, 1.54) is 19.3 Å². The largest absolute Gasteiger partial charge is 0.392 e. The Kier molecular flexibility index (Phi) is 7.06. The van der Waals surface area contributed by atoms with Crippen molar-refractivity contribution in [2.24, 2.45) is 5.92 Å². The highest BCUT2D eigenvalue weighted by Crippen LogP contribution is 2.10. The lowest BCUT2D eigenvalue weighted by molar-refractivity contribution is -0.113. The molecule has 0 radical (unpaired) electrons. The third-order valence-electron chi connectivity index (χ3n) is 2.18. The van der Waals surface area contributed by atoms with Crippen molar-refractivity contribution < 1.29 is 9.90 Å². The molecule has 2 atom stereocenters. The molecular formula is C10H20O2. The van der Waals surface area contributed by atoms with E-state index in [2.05, 4.69) is 6.92 Å². The average molecular weight is 172 g/mol. The Morgan fingerprint density at radius 2 is 2.00 bits per heavy atom. The van der Waals surface area contributed by atoms with E-state index in [1.54, 1.807) is 6.92 Å². The fraction of sp³-hybridized carbons (Fsp3) is 0.900. The van der Waals surface area contributed by atoms with Gasteiger partial charge in [0.05, 0.1) is 6.10 Å². The topological polar surface area (TPSA) is 37.3 Å². The molecule has 0 amide bonds. The first-order chi connectivity index (χ1) is 5.72. The highest BCUT2D eigenvalue weighted by Gasteiger charge is 2.11. The molecule has 0 saturated heterocycles. The second-order valence-corrected chi connectivity index (χ2v) is 3.41. The molecule has 0 aromatic rings. The number of rotatable bonds is 7. The molecule has 72 valence electrons. The Morgan fingerprint density at radius 1 is 1.33 bits per heavy atom. The molecule has 2 unspecified atom stereocenters. The maximum Gasteiger partial charge on any atom is 0.125 e. The first-order valence-electron chi connectivity index (χ1n) is 4.85. The van der Waals surface area contributed by atoms with Crippen LogP contribution in [0, 0.1) is 5.92 Å². The minimum Gasteiger partial charge on any atom is -0.392 e. The Bertz CT molecular complexity index is 112. The van der Waals surface area contributed by atoms with Crippen molar-refractivity contribution in [1.82, 2.24) is 0 Å². The first kappa shape index (κ1) is 11.6. The lowest BCUT2D eigenvalue weighted by atomic mass is 10.0. The van der Waals surface area contributed by atoms with Crippen molar-refractivity contribution >= 4 is 6.29 Å². The molecular weight excluding hydrogens is 152 g/mol. The van der Waals surface area contributed by atoms with E-state index in [4.69, 9.17) is 0 Å². The van der Waals surface area contributed by atoms with E-state index in [1.807, 2.05) is 0 Å². The molecule has 0 aliphatic carbocycles. The SMILES string of the molecule is CCCCCCC(O)C(C)C=O. The highest BCUT2D eigenvalue weighted by atomic mass is 16.3. The van der Waals surface area contributed by atoms with Gasteiger partial charge in [0.25, 0.3) is 0 Å². The second kappa shape index (κ2) is 7.29.